The minimum atomic E-state index is -0.207. The quantitative estimate of drug-likeness (QED) is 0.652. The van der Waals surface area contributed by atoms with E-state index in [2.05, 4.69) is 5.10 Å². The molecule has 2 nitrogen and oxygen atoms in total. The van der Waals surface area contributed by atoms with Crippen LogP contribution in [0.3, 0.4) is 0 Å². The molecular formula is C9H9FN2S. The number of nitrogens with zero attached hydrogens (tertiary/aromatic N) is 2. The van der Waals surface area contributed by atoms with E-state index in [1.807, 2.05) is 6.26 Å². The Morgan fingerprint density at radius 3 is 2.92 bits per heavy atom. The highest BCUT2D eigenvalue weighted by Crippen LogP contribution is 2.26. The fourth-order valence-electron chi connectivity index (χ4n) is 1.33. The van der Waals surface area contributed by atoms with Crippen LogP contribution in [0.25, 0.3) is 10.9 Å². The molecule has 0 atom stereocenters. The van der Waals surface area contributed by atoms with Crippen molar-refractivity contribution >= 4 is 22.7 Å². The molecule has 68 valence electrons. The topological polar surface area (TPSA) is 17.8 Å². The Morgan fingerprint density at radius 1 is 1.46 bits per heavy atom. The molecule has 4 heteroatoms. The SMILES string of the molecule is CSc1ccc(F)c2cn(C)nc12. The number of thioether (sulfide) groups is 1. The van der Waals surface area contributed by atoms with Crippen molar-refractivity contribution in [1.82, 2.24) is 9.78 Å². The lowest BCUT2D eigenvalue weighted by atomic mass is 10.2. The minimum Gasteiger partial charge on any atom is -0.274 e. The molecule has 0 fully saturated rings. The van der Waals surface area contributed by atoms with E-state index in [1.54, 1.807) is 35.8 Å². The highest BCUT2D eigenvalue weighted by Gasteiger charge is 2.08. The van der Waals surface area contributed by atoms with E-state index in [4.69, 9.17) is 0 Å². The second-order valence-corrected chi connectivity index (χ2v) is 3.66. The largest absolute Gasteiger partial charge is 0.274 e. The smallest absolute Gasteiger partial charge is 0.134 e. The van der Waals surface area contributed by atoms with Crippen LogP contribution in [0.4, 0.5) is 4.39 Å². The number of fused-ring (bicyclic) bond motifs is 1. The van der Waals surface area contributed by atoms with Gasteiger partial charge in [0.25, 0.3) is 0 Å². The van der Waals surface area contributed by atoms with E-state index >= 15 is 0 Å². The molecule has 0 radical (unpaired) electrons. The lowest BCUT2D eigenvalue weighted by Crippen LogP contribution is -1.85. The van der Waals surface area contributed by atoms with Crippen molar-refractivity contribution in [1.29, 1.82) is 0 Å². The summed E-state index contributed by atoms with van der Waals surface area (Å²) in [5, 5.41) is 4.79. The van der Waals surface area contributed by atoms with Gasteiger partial charge in [-0.1, -0.05) is 0 Å². The van der Waals surface area contributed by atoms with Gasteiger partial charge in [0.2, 0.25) is 0 Å². The van der Waals surface area contributed by atoms with E-state index in [0.717, 1.165) is 10.4 Å². The molecule has 0 aliphatic rings. The van der Waals surface area contributed by atoms with Crippen LogP contribution in [0, 0.1) is 5.82 Å². The van der Waals surface area contributed by atoms with Gasteiger partial charge in [-0.3, -0.25) is 4.68 Å². The highest BCUT2D eigenvalue weighted by molar-refractivity contribution is 7.98. The van der Waals surface area contributed by atoms with Crippen LogP contribution in [0.5, 0.6) is 0 Å². The Bertz CT molecular complexity index is 450. The van der Waals surface area contributed by atoms with Crippen LogP contribution in [0.2, 0.25) is 0 Å². The zero-order valence-electron chi connectivity index (χ0n) is 7.41. The van der Waals surface area contributed by atoms with Gasteiger partial charge in [-0.05, 0) is 18.4 Å². The van der Waals surface area contributed by atoms with E-state index < -0.39 is 0 Å². The van der Waals surface area contributed by atoms with Crippen molar-refractivity contribution in [3.63, 3.8) is 0 Å². The lowest BCUT2D eigenvalue weighted by molar-refractivity contribution is 0.639. The number of benzene rings is 1. The monoisotopic (exact) mass is 196 g/mol. The van der Waals surface area contributed by atoms with Gasteiger partial charge in [-0.2, -0.15) is 5.10 Å². The molecule has 13 heavy (non-hydrogen) atoms. The van der Waals surface area contributed by atoms with Gasteiger partial charge < -0.3 is 0 Å². The molecule has 2 rings (SSSR count). The summed E-state index contributed by atoms with van der Waals surface area (Å²) in [6.07, 6.45) is 3.66. The molecule has 0 spiro atoms. The number of aromatic nitrogens is 2. The minimum absolute atomic E-state index is 0.207. The molecule has 2 aromatic rings. The van der Waals surface area contributed by atoms with E-state index in [9.17, 15) is 4.39 Å². The van der Waals surface area contributed by atoms with Crippen molar-refractivity contribution in [3.05, 3.63) is 24.1 Å². The van der Waals surface area contributed by atoms with Crippen molar-refractivity contribution in [3.8, 4) is 0 Å². The van der Waals surface area contributed by atoms with E-state index in [-0.39, 0.29) is 5.82 Å². The number of hydrogen-bond acceptors (Lipinski definition) is 2. The Hall–Kier alpha value is -1.03. The normalized spacial score (nSPS) is 11.0. The molecule has 1 aromatic carbocycles. The van der Waals surface area contributed by atoms with Crippen LogP contribution < -0.4 is 0 Å². The average Bonchev–Trinajstić information content (AvgIpc) is 2.48. The van der Waals surface area contributed by atoms with Gasteiger partial charge in [-0.25, -0.2) is 4.39 Å². The molecule has 0 unspecified atom stereocenters. The highest BCUT2D eigenvalue weighted by atomic mass is 32.2. The second-order valence-electron chi connectivity index (χ2n) is 2.81. The fourth-order valence-corrected chi connectivity index (χ4v) is 1.88. The third-order valence-electron chi connectivity index (χ3n) is 1.92. The Kier molecular flexibility index (Phi) is 2.00. The van der Waals surface area contributed by atoms with Crippen molar-refractivity contribution in [2.75, 3.05) is 6.26 Å². The van der Waals surface area contributed by atoms with Crippen molar-refractivity contribution in [2.45, 2.75) is 4.90 Å². The first-order chi connectivity index (χ1) is 6.22. The molecule has 0 aliphatic carbocycles. The summed E-state index contributed by atoms with van der Waals surface area (Å²) in [5.41, 5.74) is 0.745. The zero-order valence-corrected chi connectivity index (χ0v) is 8.23. The number of hydrogen-bond donors (Lipinski definition) is 0. The standard InChI is InChI=1S/C9H9FN2S/c1-12-5-6-7(10)3-4-8(13-2)9(6)11-12/h3-5H,1-2H3. The second kappa shape index (κ2) is 3.03. The number of rotatable bonds is 1. The van der Waals surface area contributed by atoms with E-state index in [1.165, 1.54) is 6.07 Å². The average molecular weight is 196 g/mol. The van der Waals surface area contributed by atoms with Crippen LogP contribution in [-0.2, 0) is 7.05 Å². The van der Waals surface area contributed by atoms with Crippen LogP contribution in [0.15, 0.2) is 23.2 Å². The first kappa shape index (κ1) is 8.56. The zero-order chi connectivity index (χ0) is 9.42. The van der Waals surface area contributed by atoms with Crippen molar-refractivity contribution in [2.24, 2.45) is 7.05 Å². The van der Waals surface area contributed by atoms with Gasteiger partial charge >= 0.3 is 0 Å². The maximum atomic E-state index is 13.3. The molecular weight excluding hydrogens is 187 g/mol. The van der Waals surface area contributed by atoms with E-state index in [0.29, 0.717) is 5.39 Å². The number of halogens is 1. The summed E-state index contributed by atoms with van der Waals surface area (Å²) in [5.74, 6) is -0.207. The summed E-state index contributed by atoms with van der Waals surface area (Å²) in [4.78, 5) is 1.01. The first-order valence-electron chi connectivity index (χ1n) is 3.88. The predicted molar refractivity (Wildman–Crippen MR) is 52.5 cm³/mol. The summed E-state index contributed by atoms with van der Waals surface area (Å²) < 4.78 is 14.9. The third kappa shape index (κ3) is 1.31. The van der Waals surface area contributed by atoms with Gasteiger partial charge in [-0.15, -0.1) is 11.8 Å². The predicted octanol–water partition coefficient (Wildman–Crippen LogP) is 2.43. The third-order valence-corrected chi connectivity index (χ3v) is 2.69. The number of aryl methyl sites for hydroxylation is 1. The van der Waals surface area contributed by atoms with Crippen LogP contribution in [-0.4, -0.2) is 16.0 Å². The van der Waals surface area contributed by atoms with Gasteiger partial charge in [0.1, 0.15) is 11.3 Å². The molecule has 0 amide bonds. The molecule has 0 saturated heterocycles. The molecule has 0 aliphatic heterocycles. The molecule has 1 heterocycles. The summed E-state index contributed by atoms with van der Waals surface area (Å²) in [6, 6.07) is 3.24. The van der Waals surface area contributed by atoms with Gasteiger partial charge in [0.05, 0.1) is 5.39 Å². The molecule has 0 N–H and O–H groups in total. The Balaban J connectivity index is 2.83. The molecule has 0 bridgehead atoms. The maximum absolute atomic E-state index is 13.3. The fraction of sp³-hybridized carbons (Fsp3) is 0.222. The van der Waals surface area contributed by atoms with Crippen LogP contribution >= 0.6 is 11.8 Å². The van der Waals surface area contributed by atoms with Gasteiger partial charge in [0.15, 0.2) is 0 Å². The van der Waals surface area contributed by atoms with Crippen LogP contribution in [0.1, 0.15) is 0 Å². The Morgan fingerprint density at radius 2 is 2.23 bits per heavy atom. The Labute approximate surface area is 79.7 Å². The first-order valence-corrected chi connectivity index (χ1v) is 5.10. The summed E-state index contributed by atoms with van der Waals surface area (Å²) >= 11 is 1.58. The van der Waals surface area contributed by atoms with Gasteiger partial charge in [0, 0.05) is 18.1 Å². The summed E-state index contributed by atoms with van der Waals surface area (Å²) in [6.45, 7) is 0. The molecule has 1 aromatic heterocycles. The lowest BCUT2D eigenvalue weighted by Gasteiger charge is -1.96. The molecule has 0 saturated carbocycles. The van der Waals surface area contributed by atoms with Crippen molar-refractivity contribution < 1.29 is 4.39 Å². The maximum Gasteiger partial charge on any atom is 0.134 e. The summed E-state index contributed by atoms with van der Waals surface area (Å²) in [7, 11) is 1.80.